The van der Waals surface area contributed by atoms with Crippen molar-refractivity contribution < 1.29 is 24.2 Å². The molecule has 1 aromatic rings. The third-order valence-electron chi connectivity index (χ3n) is 6.31. The molecule has 1 saturated heterocycles. The first kappa shape index (κ1) is 23.1. The lowest BCUT2D eigenvalue weighted by atomic mass is 9.69. The normalized spacial score (nSPS) is 26.4. The minimum atomic E-state index is -0.793. The summed E-state index contributed by atoms with van der Waals surface area (Å²) < 4.78 is 5.44. The second-order valence-electron chi connectivity index (χ2n) is 9.86. The summed E-state index contributed by atoms with van der Waals surface area (Å²) in [5.74, 6) is -0.938. The van der Waals surface area contributed by atoms with E-state index in [9.17, 15) is 19.5 Å². The maximum atomic E-state index is 12.9. The van der Waals surface area contributed by atoms with Crippen molar-refractivity contribution in [3.05, 3.63) is 35.9 Å². The fourth-order valence-electron chi connectivity index (χ4n) is 4.64. The third-order valence-corrected chi connectivity index (χ3v) is 6.31. The first-order valence-corrected chi connectivity index (χ1v) is 11.2. The van der Waals surface area contributed by atoms with Crippen LogP contribution in [0.25, 0.3) is 0 Å². The molecule has 170 valence electrons. The van der Waals surface area contributed by atoms with Crippen molar-refractivity contribution in [2.45, 2.75) is 83.4 Å². The number of rotatable bonds is 5. The molecule has 7 nitrogen and oxygen atoms in total. The highest BCUT2D eigenvalue weighted by atomic mass is 16.6. The number of amides is 2. The van der Waals surface area contributed by atoms with Gasteiger partial charge in [-0.1, -0.05) is 30.3 Å². The molecule has 7 heteroatoms. The maximum Gasteiger partial charge on any atom is 0.410 e. The molecule has 1 heterocycles. The quantitative estimate of drug-likeness (QED) is 0.742. The molecule has 1 aliphatic heterocycles. The first-order chi connectivity index (χ1) is 14.6. The average Bonchev–Trinajstić information content (AvgIpc) is 3.19. The summed E-state index contributed by atoms with van der Waals surface area (Å²) in [6.07, 6.45) is 3.69. The summed E-state index contributed by atoms with van der Waals surface area (Å²) in [6.45, 7) is 5.93. The molecule has 0 bridgehead atoms. The lowest BCUT2D eigenvalue weighted by Crippen LogP contribution is -2.51. The molecule has 0 aromatic heterocycles. The van der Waals surface area contributed by atoms with Crippen molar-refractivity contribution in [1.29, 1.82) is 0 Å². The summed E-state index contributed by atoms with van der Waals surface area (Å²) in [4.78, 5) is 39.0. The molecule has 2 N–H and O–H groups in total. The molecule has 1 saturated carbocycles. The standard InChI is InChI=1S/C24H34N2O5/c1-23(2,3)31-22(30)26-15-7-10-19(26)20(27)25-18-11-13-24(14-12-18,21(28)29)16-17-8-5-4-6-9-17/h4-6,8-9,18-19H,7,10-16H2,1-3H3,(H,25,27)(H,28,29). The second kappa shape index (κ2) is 9.28. The number of aliphatic carboxylic acids is 1. The van der Waals surface area contributed by atoms with E-state index in [1.807, 2.05) is 51.1 Å². The van der Waals surface area contributed by atoms with Gasteiger partial charge < -0.3 is 15.2 Å². The molecule has 3 rings (SSSR count). The number of ether oxygens (including phenoxy) is 1. The Bertz CT molecular complexity index is 794. The molecule has 1 aliphatic carbocycles. The topological polar surface area (TPSA) is 95.9 Å². The van der Waals surface area contributed by atoms with Crippen LogP contribution in [0.3, 0.4) is 0 Å². The number of carbonyl (C=O) groups excluding carboxylic acids is 2. The fourth-order valence-corrected chi connectivity index (χ4v) is 4.64. The van der Waals surface area contributed by atoms with Crippen LogP contribution in [0.1, 0.15) is 64.9 Å². The molecule has 2 aliphatic rings. The van der Waals surface area contributed by atoms with E-state index in [0.717, 1.165) is 12.0 Å². The minimum absolute atomic E-state index is 0.0724. The van der Waals surface area contributed by atoms with Crippen LogP contribution < -0.4 is 5.32 Å². The van der Waals surface area contributed by atoms with Gasteiger partial charge in [0.1, 0.15) is 11.6 Å². The SMILES string of the molecule is CC(C)(C)OC(=O)N1CCCC1C(=O)NC1CCC(Cc2ccccc2)(C(=O)O)CC1. The van der Waals surface area contributed by atoms with E-state index in [0.29, 0.717) is 45.1 Å². The summed E-state index contributed by atoms with van der Waals surface area (Å²) in [6, 6.07) is 9.10. The van der Waals surface area contributed by atoms with Gasteiger partial charge in [-0.05, 0) is 71.3 Å². The molecule has 1 unspecified atom stereocenters. The summed E-state index contributed by atoms with van der Waals surface area (Å²) >= 11 is 0. The van der Waals surface area contributed by atoms with Gasteiger partial charge in [0.15, 0.2) is 0 Å². The highest BCUT2D eigenvalue weighted by Gasteiger charge is 2.43. The monoisotopic (exact) mass is 430 g/mol. The van der Waals surface area contributed by atoms with E-state index in [4.69, 9.17) is 4.74 Å². The summed E-state index contributed by atoms with van der Waals surface area (Å²) in [5, 5.41) is 13.0. The summed E-state index contributed by atoms with van der Waals surface area (Å²) in [5.41, 5.74) is -0.382. The van der Waals surface area contributed by atoms with Crippen LogP contribution in [-0.2, 0) is 20.7 Å². The van der Waals surface area contributed by atoms with E-state index >= 15 is 0 Å². The van der Waals surface area contributed by atoms with Crippen LogP contribution in [0.5, 0.6) is 0 Å². The molecule has 0 spiro atoms. The van der Waals surface area contributed by atoms with Crippen molar-refractivity contribution in [2.24, 2.45) is 5.41 Å². The van der Waals surface area contributed by atoms with Gasteiger partial charge in [0.2, 0.25) is 5.91 Å². The van der Waals surface area contributed by atoms with E-state index in [1.165, 1.54) is 4.90 Å². The van der Waals surface area contributed by atoms with E-state index in [1.54, 1.807) is 0 Å². The predicted octanol–water partition coefficient (Wildman–Crippen LogP) is 3.76. The molecular weight excluding hydrogens is 396 g/mol. The number of nitrogens with one attached hydrogen (secondary N) is 1. The van der Waals surface area contributed by atoms with Gasteiger partial charge in [-0.3, -0.25) is 14.5 Å². The number of likely N-dealkylation sites (tertiary alicyclic amines) is 1. The molecule has 1 aromatic carbocycles. The van der Waals surface area contributed by atoms with E-state index in [2.05, 4.69) is 5.32 Å². The Kier molecular flexibility index (Phi) is 6.92. The Morgan fingerprint density at radius 1 is 1.13 bits per heavy atom. The first-order valence-electron chi connectivity index (χ1n) is 11.2. The lowest BCUT2D eigenvalue weighted by Gasteiger charge is -2.38. The van der Waals surface area contributed by atoms with Crippen LogP contribution in [0.15, 0.2) is 30.3 Å². The van der Waals surface area contributed by atoms with Crippen molar-refractivity contribution in [1.82, 2.24) is 10.2 Å². The minimum Gasteiger partial charge on any atom is -0.481 e. The molecule has 2 fully saturated rings. The fraction of sp³-hybridized carbons (Fsp3) is 0.625. The number of benzene rings is 1. The van der Waals surface area contributed by atoms with Crippen LogP contribution >= 0.6 is 0 Å². The average molecular weight is 431 g/mol. The molecule has 31 heavy (non-hydrogen) atoms. The molecule has 1 atom stereocenters. The Hall–Kier alpha value is -2.57. The van der Waals surface area contributed by atoms with Gasteiger partial charge in [-0.2, -0.15) is 0 Å². The third kappa shape index (κ3) is 5.77. The van der Waals surface area contributed by atoms with Gasteiger partial charge in [0.25, 0.3) is 0 Å². The van der Waals surface area contributed by atoms with Crippen molar-refractivity contribution >= 4 is 18.0 Å². The zero-order valence-corrected chi connectivity index (χ0v) is 18.7. The Morgan fingerprint density at radius 2 is 1.77 bits per heavy atom. The Balaban J connectivity index is 1.57. The summed E-state index contributed by atoms with van der Waals surface area (Å²) in [7, 11) is 0. The number of hydrogen-bond acceptors (Lipinski definition) is 4. The number of carboxylic acid groups (broad SMARTS) is 1. The van der Waals surface area contributed by atoms with Gasteiger partial charge in [0.05, 0.1) is 5.41 Å². The van der Waals surface area contributed by atoms with Crippen LogP contribution in [0.2, 0.25) is 0 Å². The molecular formula is C24H34N2O5. The molecule has 0 radical (unpaired) electrons. The highest BCUT2D eigenvalue weighted by Crippen LogP contribution is 2.40. The van der Waals surface area contributed by atoms with Gasteiger partial charge >= 0.3 is 12.1 Å². The van der Waals surface area contributed by atoms with Gasteiger partial charge in [0, 0.05) is 12.6 Å². The van der Waals surface area contributed by atoms with Crippen molar-refractivity contribution in [3.63, 3.8) is 0 Å². The number of carbonyl (C=O) groups is 3. The number of carboxylic acids is 1. The lowest BCUT2D eigenvalue weighted by molar-refractivity contribution is -0.151. The number of hydrogen-bond donors (Lipinski definition) is 2. The zero-order chi connectivity index (χ0) is 22.6. The van der Waals surface area contributed by atoms with Crippen molar-refractivity contribution in [2.75, 3.05) is 6.54 Å². The Labute approximate surface area is 184 Å². The Morgan fingerprint density at radius 3 is 2.35 bits per heavy atom. The van der Waals surface area contributed by atoms with Gasteiger partial charge in [-0.25, -0.2) is 4.79 Å². The zero-order valence-electron chi connectivity index (χ0n) is 18.7. The smallest absolute Gasteiger partial charge is 0.410 e. The molecule has 2 amide bonds. The van der Waals surface area contributed by atoms with E-state index in [-0.39, 0.29) is 11.9 Å². The second-order valence-corrected chi connectivity index (χ2v) is 9.86. The van der Waals surface area contributed by atoms with Crippen LogP contribution in [0, 0.1) is 5.41 Å². The predicted molar refractivity (Wildman–Crippen MR) is 117 cm³/mol. The van der Waals surface area contributed by atoms with Crippen molar-refractivity contribution in [3.8, 4) is 0 Å². The van der Waals surface area contributed by atoms with Gasteiger partial charge in [-0.15, -0.1) is 0 Å². The number of nitrogens with zero attached hydrogens (tertiary/aromatic N) is 1. The van der Waals surface area contributed by atoms with Crippen LogP contribution in [-0.4, -0.2) is 52.2 Å². The van der Waals surface area contributed by atoms with E-state index < -0.39 is 29.1 Å². The maximum absolute atomic E-state index is 12.9. The highest BCUT2D eigenvalue weighted by molar-refractivity contribution is 5.86. The largest absolute Gasteiger partial charge is 0.481 e. The van der Waals surface area contributed by atoms with Crippen LogP contribution in [0.4, 0.5) is 4.79 Å².